The zero-order valence-electron chi connectivity index (χ0n) is 18.8. The predicted molar refractivity (Wildman–Crippen MR) is 139 cm³/mol. The smallest absolute Gasteiger partial charge is 0.252 e. The van der Waals surface area contributed by atoms with Crippen LogP contribution in [0.5, 0.6) is 0 Å². The number of rotatable bonds is 6. The Morgan fingerprint density at radius 3 is 2.12 bits per heavy atom. The Morgan fingerprint density at radius 1 is 0.939 bits per heavy atom. The molecule has 0 heterocycles. The maximum absolute atomic E-state index is 13.6. The summed E-state index contributed by atoms with van der Waals surface area (Å²) in [6, 6.07) is 23.0. The summed E-state index contributed by atoms with van der Waals surface area (Å²) in [5, 5.41) is 3.66. The van der Waals surface area contributed by atoms with Crippen molar-refractivity contribution in [2.24, 2.45) is 0 Å². The van der Waals surface area contributed by atoms with Crippen LogP contribution < -0.4 is 10.2 Å². The zero-order chi connectivity index (χ0) is 24.0. The zero-order valence-corrected chi connectivity index (χ0v) is 21.1. The summed E-state index contributed by atoms with van der Waals surface area (Å²) in [6.45, 7) is 5.75. The molecule has 0 aliphatic carbocycles. The fraction of sp³-hybridized carbons (Fsp3) is 0.185. The minimum Gasteiger partial charge on any atom is -0.349 e. The number of carbonyl (C=O) groups is 2. The van der Waals surface area contributed by atoms with Crippen LogP contribution in [0.15, 0.2) is 89.4 Å². The van der Waals surface area contributed by atoms with Gasteiger partial charge in [-0.2, -0.15) is 0 Å². The lowest BCUT2D eigenvalue weighted by Gasteiger charge is -2.33. The normalized spacial score (nSPS) is 12.4. The quantitative estimate of drug-likeness (QED) is 0.360. The van der Waals surface area contributed by atoms with Crippen LogP contribution in [0.25, 0.3) is 6.08 Å². The summed E-state index contributed by atoms with van der Waals surface area (Å²) >= 11 is 9.41. The second-order valence-corrected chi connectivity index (χ2v) is 9.97. The number of hydrogen-bond acceptors (Lipinski definition) is 2. The van der Waals surface area contributed by atoms with E-state index in [1.165, 1.54) is 11.0 Å². The van der Waals surface area contributed by atoms with Crippen LogP contribution in [0.1, 0.15) is 37.9 Å². The number of nitrogens with zero attached hydrogens (tertiary/aromatic N) is 1. The summed E-state index contributed by atoms with van der Waals surface area (Å²) in [4.78, 5) is 28.6. The Balaban J connectivity index is 2.07. The van der Waals surface area contributed by atoms with Gasteiger partial charge in [0.05, 0.1) is 0 Å². The maximum atomic E-state index is 13.6. The molecule has 2 amide bonds. The fourth-order valence-electron chi connectivity index (χ4n) is 3.32. The van der Waals surface area contributed by atoms with Crippen LogP contribution in [0, 0.1) is 0 Å². The molecular formula is C27H26BrClN2O2. The molecule has 0 aromatic heterocycles. The van der Waals surface area contributed by atoms with E-state index in [4.69, 9.17) is 11.6 Å². The van der Waals surface area contributed by atoms with Gasteiger partial charge in [0.15, 0.2) is 0 Å². The van der Waals surface area contributed by atoms with Gasteiger partial charge in [0.25, 0.3) is 5.91 Å². The van der Waals surface area contributed by atoms with E-state index in [9.17, 15) is 9.59 Å². The highest BCUT2D eigenvalue weighted by atomic mass is 79.9. The van der Waals surface area contributed by atoms with E-state index >= 15 is 0 Å². The summed E-state index contributed by atoms with van der Waals surface area (Å²) in [5.74, 6) is -0.574. The first-order valence-electron chi connectivity index (χ1n) is 10.5. The molecule has 1 atom stereocenters. The maximum Gasteiger partial charge on any atom is 0.252 e. The SMILES string of the molecule is CC(C)(C)NC(=O)C(c1ccccc1)N(C(=O)/C=C/c1ccc(Cl)cc1)c1ccc(Br)cc1. The topological polar surface area (TPSA) is 49.4 Å². The van der Waals surface area contributed by atoms with E-state index in [1.807, 2.05) is 87.5 Å². The largest absolute Gasteiger partial charge is 0.349 e. The molecule has 6 heteroatoms. The van der Waals surface area contributed by atoms with Crippen LogP contribution in [0.3, 0.4) is 0 Å². The van der Waals surface area contributed by atoms with Gasteiger partial charge < -0.3 is 5.32 Å². The minimum absolute atomic E-state index is 0.259. The number of anilines is 1. The number of carbonyl (C=O) groups excluding carboxylic acids is 2. The van der Waals surface area contributed by atoms with Crippen LogP contribution in [0.4, 0.5) is 5.69 Å². The molecule has 4 nitrogen and oxygen atoms in total. The molecule has 0 saturated carbocycles. The molecular weight excluding hydrogens is 500 g/mol. The van der Waals surface area contributed by atoms with Gasteiger partial charge in [-0.25, -0.2) is 0 Å². The molecule has 170 valence electrons. The van der Waals surface area contributed by atoms with Crippen molar-refractivity contribution in [3.8, 4) is 0 Å². The lowest BCUT2D eigenvalue weighted by atomic mass is 10.0. The van der Waals surface area contributed by atoms with Crippen molar-refractivity contribution in [1.29, 1.82) is 0 Å². The first kappa shape index (κ1) is 24.7. The molecule has 0 spiro atoms. The molecule has 0 aliphatic rings. The molecule has 3 aromatic rings. The van der Waals surface area contributed by atoms with E-state index in [-0.39, 0.29) is 11.8 Å². The molecule has 0 aliphatic heterocycles. The molecule has 0 bridgehead atoms. The van der Waals surface area contributed by atoms with Crippen LogP contribution in [-0.2, 0) is 9.59 Å². The third-order valence-corrected chi connectivity index (χ3v) is 5.53. The average Bonchev–Trinajstić information content (AvgIpc) is 2.77. The number of benzene rings is 3. The summed E-state index contributed by atoms with van der Waals surface area (Å²) in [5.41, 5.74) is 1.70. The molecule has 0 radical (unpaired) electrons. The number of halogens is 2. The van der Waals surface area contributed by atoms with Crippen LogP contribution in [-0.4, -0.2) is 17.4 Å². The fourth-order valence-corrected chi connectivity index (χ4v) is 3.71. The number of nitrogens with one attached hydrogen (secondary N) is 1. The van der Waals surface area contributed by atoms with Gasteiger partial charge in [0, 0.05) is 26.8 Å². The lowest BCUT2D eigenvalue weighted by molar-refractivity contribution is -0.126. The molecule has 0 fully saturated rings. The van der Waals surface area contributed by atoms with Crippen LogP contribution in [0.2, 0.25) is 5.02 Å². The summed E-state index contributed by atoms with van der Waals surface area (Å²) < 4.78 is 0.880. The van der Waals surface area contributed by atoms with Gasteiger partial charge in [-0.15, -0.1) is 0 Å². The molecule has 1 N–H and O–H groups in total. The molecule has 1 unspecified atom stereocenters. The monoisotopic (exact) mass is 524 g/mol. The second kappa shape index (κ2) is 10.8. The van der Waals surface area contributed by atoms with E-state index in [0.717, 1.165) is 15.6 Å². The Bertz CT molecular complexity index is 1120. The summed E-state index contributed by atoms with van der Waals surface area (Å²) in [7, 11) is 0. The van der Waals surface area contributed by atoms with E-state index < -0.39 is 11.6 Å². The van der Waals surface area contributed by atoms with E-state index in [0.29, 0.717) is 10.7 Å². The van der Waals surface area contributed by atoms with Gasteiger partial charge in [-0.1, -0.05) is 70.0 Å². The average molecular weight is 526 g/mol. The van der Waals surface area contributed by atoms with Gasteiger partial charge in [0.1, 0.15) is 6.04 Å². The van der Waals surface area contributed by atoms with Crippen molar-refractivity contribution in [2.75, 3.05) is 4.90 Å². The number of amides is 2. The van der Waals surface area contributed by atoms with Crippen molar-refractivity contribution < 1.29 is 9.59 Å². The summed E-state index contributed by atoms with van der Waals surface area (Å²) in [6.07, 6.45) is 3.19. The minimum atomic E-state index is -0.853. The van der Waals surface area contributed by atoms with E-state index in [1.54, 1.807) is 18.2 Å². The van der Waals surface area contributed by atoms with Gasteiger partial charge >= 0.3 is 0 Å². The van der Waals surface area contributed by atoms with Gasteiger partial charge in [0.2, 0.25) is 5.91 Å². The molecule has 0 saturated heterocycles. The highest BCUT2D eigenvalue weighted by molar-refractivity contribution is 9.10. The lowest BCUT2D eigenvalue weighted by Crippen LogP contribution is -2.49. The third-order valence-electron chi connectivity index (χ3n) is 4.75. The second-order valence-electron chi connectivity index (χ2n) is 8.62. The van der Waals surface area contributed by atoms with Gasteiger partial charge in [-0.3, -0.25) is 14.5 Å². The van der Waals surface area contributed by atoms with Crippen molar-refractivity contribution in [2.45, 2.75) is 32.4 Å². The van der Waals surface area contributed by atoms with Crippen molar-refractivity contribution in [3.63, 3.8) is 0 Å². The van der Waals surface area contributed by atoms with Gasteiger partial charge in [-0.05, 0) is 74.4 Å². The first-order chi connectivity index (χ1) is 15.6. The van der Waals surface area contributed by atoms with Crippen molar-refractivity contribution in [1.82, 2.24) is 5.32 Å². The molecule has 3 rings (SSSR count). The highest BCUT2D eigenvalue weighted by Gasteiger charge is 2.33. The Hall–Kier alpha value is -2.89. The first-order valence-corrected chi connectivity index (χ1v) is 11.7. The predicted octanol–water partition coefficient (Wildman–Crippen LogP) is 6.80. The van der Waals surface area contributed by atoms with Crippen LogP contribution >= 0.6 is 27.5 Å². The Morgan fingerprint density at radius 2 is 1.55 bits per heavy atom. The standard InChI is InChI=1S/C27H26BrClN2O2/c1-27(2,3)30-26(33)25(20-7-5-4-6-8-20)31(23-16-12-21(28)13-17-23)24(32)18-11-19-9-14-22(29)15-10-19/h4-18,25H,1-3H3,(H,30,33)/b18-11+. The molecule has 33 heavy (non-hydrogen) atoms. The Kier molecular flexibility index (Phi) is 8.11. The molecule has 3 aromatic carbocycles. The Labute approximate surface area is 208 Å². The third kappa shape index (κ3) is 7.04. The van der Waals surface area contributed by atoms with E-state index in [2.05, 4.69) is 21.2 Å². The van der Waals surface area contributed by atoms with Crippen molar-refractivity contribution >= 4 is 51.1 Å². The van der Waals surface area contributed by atoms with Crippen molar-refractivity contribution in [3.05, 3.63) is 106 Å². The highest BCUT2D eigenvalue weighted by Crippen LogP contribution is 2.30. The number of hydrogen-bond donors (Lipinski definition) is 1.